The number of hydrogen-bond donors (Lipinski definition) is 2. The molecule has 2 saturated carbocycles. The molecule has 0 aromatic heterocycles. The summed E-state index contributed by atoms with van der Waals surface area (Å²) in [7, 11) is 0. The average molecular weight is 387 g/mol. The molecule has 154 valence electrons. The maximum atomic E-state index is 14.0. The molecular weight excluding hydrogens is 351 g/mol. The summed E-state index contributed by atoms with van der Waals surface area (Å²) in [6, 6.07) is 10.7. The highest BCUT2D eigenvalue weighted by atomic mass is 19.1. The number of carbonyl (C=O) groups is 1. The zero-order valence-electron chi connectivity index (χ0n) is 17.2. The van der Waals surface area contributed by atoms with Gasteiger partial charge in [-0.25, -0.2) is 4.39 Å². The highest BCUT2D eigenvalue weighted by Crippen LogP contribution is 2.58. The van der Waals surface area contributed by atoms with Gasteiger partial charge in [-0.1, -0.05) is 43.7 Å². The quantitative estimate of drug-likeness (QED) is 0.782. The lowest BCUT2D eigenvalue weighted by Crippen LogP contribution is -2.51. The first kappa shape index (κ1) is 19.9. The zero-order chi connectivity index (χ0) is 19.6. The van der Waals surface area contributed by atoms with Crippen molar-refractivity contribution < 1.29 is 9.18 Å². The summed E-state index contributed by atoms with van der Waals surface area (Å²) in [5, 5.41) is 6.00. The number of halogens is 1. The standard InChI is InChI=1S/C24H35FN2O/c1-23-11-5-12-24(17-23,19-6-3-2-4-7-19)15-18(14-23)8-9-22(28)27-21-10-13-26-16-20(21)25/h2-4,6-7,18,20-21,26H,5,8-17H2,1H3,(H,27,28)/t18?,20-,21-,23+,24+/m0/s1. The minimum atomic E-state index is -0.966. The van der Waals surface area contributed by atoms with E-state index in [-0.39, 0.29) is 17.4 Å². The van der Waals surface area contributed by atoms with Crippen LogP contribution in [0, 0.1) is 11.3 Å². The van der Waals surface area contributed by atoms with Crippen LogP contribution in [0.5, 0.6) is 0 Å². The summed E-state index contributed by atoms with van der Waals surface area (Å²) in [5.74, 6) is 0.614. The van der Waals surface area contributed by atoms with Gasteiger partial charge < -0.3 is 10.6 Å². The fourth-order valence-corrected chi connectivity index (χ4v) is 6.47. The Morgan fingerprint density at radius 2 is 2.07 bits per heavy atom. The third-order valence-corrected chi connectivity index (χ3v) is 7.58. The molecule has 2 N–H and O–H groups in total. The van der Waals surface area contributed by atoms with E-state index in [1.165, 1.54) is 44.1 Å². The maximum absolute atomic E-state index is 14.0. The molecule has 2 aliphatic carbocycles. The molecule has 1 aliphatic heterocycles. The summed E-state index contributed by atoms with van der Waals surface area (Å²) in [6.07, 6.45) is 8.78. The number of rotatable bonds is 5. The van der Waals surface area contributed by atoms with Crippen LogP contribution in [0.25, 0.3) is 0 Å². The number of carbonyl (C=O) groups excluding carboxylic acids is 1. The van der Waals surface area contributed by atoms with Crippen molar-refractivity contribution in [2.75, 3.05) is 13.1 Å². The monoisotopic (exact) mass is 386 g/mol. The van der Waals surface area contributed by atoms with E-state index in [9.17, 15) is 9.18 Å². The van der Waals surface area contributed by atoms with E-state index in [1.807, 2.05) is 0 Å². The number of amides is 1. The molecule has 1 saturated heterocycles. The second kappa shape index (κ2) is 8.14. The molecule has 4 heteroatoms. The molecule has 5 atom stereocenters. The van der Waals surface area contributed by atoms with Gasteiger partial charge in [0.2, 0.25) is 5.91 Å². The van der Waals surface area contributed by atoms with Crippen LogP contribution in [0.2, 0.25) is 0 Å². The van der Waals surface area contributed by atoms with Gasteiger partial charge in [0, 0.05) is 13.0 Å². The van der Waals surface area contributed by atoms with Gasteiger partial charge in [-0.3, -0.25) is 4.79 Å². The van der Waals surface area contributed by atoms with Crippen molar-refractivity contribution in [1.82, 2.24) is 10.6 Å². The second-order valence-electron chi connectivity index (χ2n) is 9.98. The summed E-state index contributed by atoms with van der Waals surface area (Å²) in [4.78, 5) is 12.5. The maximum Gasteiger partial charge on any atom is 0.220 e. The third kappa shape index (κ3) is 4.27. The fraction of sp³-hybridized carbons (Fsp3) is 0.708. The van der Waals surface area contributed by atoms with Crippen LogP contribution < -0.4 is 10.6 Å². The van der Waals surface area contributed by atoms with E-state index in [1.54, 1.807) is 0 Å². The van der Waals surface area contributed by atoms with Crippen molar-refractivity contribution in [3.63, 3.8) is 0 Å². The van der Waals surface area contributed by atoms with Crippen molar-refractivity contribution >= 4 is 5.91 Å². The number of alkyl halides is 1. The topological polar surface area (TPSA) is 41.1 Å². The third-order valence-electron chi connectivity index (χ3n) is 7.58. The Balaban J connectivity index is 1.39. The lowest BCUT2D eigenvalue weighted by Gasteiger charge is -2.54. The van der Waals surface area contributed by atoms with Crippen LogP contribution >= 0.6 is 0 Å². The number of nitrogens with one attached hydrogen (secondary N) is 2. The molecule has 1 heterocycles. The van der Waals surface area contributed by atoms with Crippen molar-refractivity contribution in [1.29, 1.82) is 0 Å². The Hall–Kier alpha value is -1.42. The van der Waals surface area contributed by atoms with E-state index in [4.69, 9.17) is 0 Å². The first-order chi connectivity index (χ1) is 13.5. The van der Waals surface area contributed by atoms with E-state index < -0.39 is 6.17 Å². The second-order valence-corrected chi connectivity index (χ2v) is 9.98. The lowest BCUT2D eigenvalue weighted by molar-refractivity contribution is -0.123. The molecule has 1 aromatic carbocycles. The van der Waals surface area contributed by atoms with E-state index >= 15 is 0 Å². The Morgan fingerprint density at radius 3 is 2.86 bits per heavy atom. The van der Waals surface area contributed by atoms with Gasteiger partial charge in [-0.2, -0.15) is 0 Å². The number of benzene rings is 1. The smallest absolute Gasteiger partial charge is 0.220 e. The highest BCUT2D eigenvalue weighted by Gasteiger charge is 2.49. The van der Waals surface area contributed by atoms with Gasteiger partial charge in [0.15, 0.2) is 0 Å². The zero-order valence-corrected chi connectivity index (χ0v) is 17.2. The van der Waals surface area contributed by atoms with Crippen LogP contribution in [0.15, 0.2) is 30.3 Å². The van der Waals surface area contributed by atoms with E-state index in [0.717, 1.165) is 13.0 Å². The summed E-state index contributed by atoms with van der Waals surface area (Å²) >= 11 is 0. The molecule has 0 radical (unpaired) electrons. The van der Waals surface area contributed by atoms with Gasteiger partial charge in [-0.15, -0.1) is 0 Å². The molecule has 3 nitrogen and oxygen atoms in total. The van der Waals surface area contributed by atoms with Gasteiger partial charge in [0.25, 0.3) is 0 Å². The SMILES string of the molecule is C[C@@]12CCC[C@@](c3ccccc3)(CC(CCC(=O)N[C@H]3CCNC[C@@H]3F)C1)C2. The molecule has 3 aliphatic rings. The minimum Gasteiger partial charge on any atom is -0.350 e. The van der Waals surface area contributed by atoms with Crippen molar-refractivity contribution in [2.45, 2.75) is 82.3 Å². The predicted molar refractivity (Wildman–Crippen MR) is 111 cm³/mol. The van der Waals surface area contributed by atoms with Crippen molar-refractivity contribution in [3.05, 3.63) is 35.9 Å². The van der Waals surface area contributed by atoms with Crippen LogP contribution in [-0.4, -0.2) is 31.2 Å². The molecule has 2 bridgehead atoms. The Bertz CT molecular complexity index is 680. The predicted octanol–water partition coefficient (Wildman–Crippen LogP) is 4.51. The van der Waals surface area contributed by atoms with Crippen LogP contribution in [0.3, 0.4) is 0 Å². The van der Waals surface area contributed by atoms with Gasteiger partial charge in [0.1, 0.15) is 6.17 Å². The molecule has 1 unspecified atom stereocenters. The molecule has 1 aromatic rings. The van der Waals surface area contributed by atoms with Gasteiger partial charge >= 0.3 is 0 Å². The Morgan fingerprint density at radius 1 is 1.25 bits per heavy atom. The van der Waals surface area contributed by atoms with E-state index in [2.05, 4.69) is 47.9 Å². The Kier molecular flexibility index (Phi) is 5.78. The minimum absolute atomic E-state index is 0.0317. The first-order valence-electron chi connectivity index (χ1n) is 11.2. The van der Waals surface area contributed by atoms with Crippen molar-refractivity contribution in [2.24, 2.45) is 11.3 Å². The van der Waals surface area contributed by atoms with Gasteiger partial charge in [0.05, 0.1) is 6.04 Å². The van der Waals surface area contributed by atoms with Crippen LogP contribution in [0.4, 0.5) is 4.39 Å². The number of fused-ring (bicyclic) bond motifs is 2. The Labute approximate surface area is 168 Å². The summed E-state index contributed by atoms with van der Waals surface area (Å²) in [6.45, 7) is 3.59. The van der Waals surface area contributed by atoms with Gasteiger partial charge in [-0.05, 0) is 73.8 Å². The summed E-state index contributed by atoms with van der Waals surface area (Å²) in [5.41, 5.74) is 2.17. The fourth-order valence-electron chi connectivity index (χ4n) is 6.47. The lowest BCUT2D eigenvalue weighted by atomic mass is 9.50. The van der Waals surface area contributed by atoms with Crippen molar-refractivity contribution in [3.8, 4) is 0 Å². The average Bonchev–Trinajstić information content (AvgIpc) is 2.68. The molecule has 3 fully saturated rings. The van der Waals surface area contributed by atoms with E-state index in [0.29, 0.717) is 30.7 Å². The largest absolute Gasteiger partial charge is 0.350 e. The normalized spacial score (nSPS) is 38.0. The first-order valence-corrected chi connectivity index (χ1v) is 11.2. The molecule has 28 heavy (non-hydrogen) atoms. The molecule has 4 rings (SSSR count). The van der Waals surface area contributed by atoms with Crippen LogP contribution in [0.1, 0.15) is 70.3 Å². The highest BCUT2D eigenvalue weighted by molar-refractivity contribution is 5.76. The molecular formula is C24H35FN2O. The molecule has 0 spiro atoms. The molecule has 1 amide bonds. The number of piperidine rings is 1. The van der Waals surface area contributed by atoms with Crippen LogP contribution in [-0.2, 0) is 10.2 Å². The summed E-state index contributed by atoms with van der Waals surface area (Å²) < 4.78 is 14.0. The number of hydrogen-bond acceptors (Lipinski definition) is 2.